The third kappa shape index (κ3) is 5.09. The van der Waals surface area contributed by atoms with Gasteiger partial charge in [0.2, 0.25) is 5.91 Å². The van der Waals surface area contributed by atoms with Crippen molar-refractivity contribution in [3.8, 4) is 0 Å². The number of hydrogen-bond donors (Lipinski definition) is 0. The van der Waals surface area contributed by atoms with Gasteiger partial charge in [-0.15, -0.1) is 0 Å². The first-order chi connectivity index (χ1) is 9.25. The van der Waals surface area contributed by atoms with E-state index < -0.39 is 33.4 Å². The second kappa shape index (κ2) is 7.03. The predicted octanol–water partition coefficient (Wildman–Crippen LogP) is -1.02. The Morgan fingerprint density at radius 1 is 1.20 bits per heavy atom. The van der Waals surface area contributed by atoms with Crippen LogP contribution in [-0.4, -0.2) is 81.9 Å². The van der Waals surface area contributed by atoms with Crippen molar-refractivity contribution in [2.45, 2.75) is 6.92 Å². The highest BCUT2D eigenvalue weighted by atomic mass is 32.2. The Morgan fingerprint density at radius 3 is 2.25 bits per heavy atom. The van der Waals surface area contributed by atoms with E-state index in [1.807, 2.05) is 7.05 Å². The van der Waals surface area contributed by atoms with E-state index in [4.69, 9.17) is 0 Å². The van der Waals surface area contributed by atoms with Crippen molar-refractivity contribution in [1.29, 1.82) is 0 Å². The minimum Gasteiger partial charge on any atom is -0.469 e. The Kier molecular flexibility index (Phi) is 5.94. The molecule has 0 bridgehead atoms. The summed E-state index contributed by atoms with van der Waals surface area (Å²) in [5.74, 6) is -2.64. The standard InChI is InChI=1S/C12H22N2O5S/c1-10(12(16)19-3)8-20(17,18)9-11(15)14-6-4-13(2)5-7-14/h10H,4-9H2,1-3H3. The minimum absolute atomic E-state index is 0.362. The summed E-state index contributed by atoms with van der Waals surface area (Å²) in [5.41, 5.74) is 0. The second-order valence-corrected chi connectivity index (χ2v) is 7.27. The van der Waals surface area contributed by atoms with E-state index in [0.717, 1.165) is 13.1 Å². The van der Waals surface area contributed by atoms with Gasteiger partial charge in [0.05, 0.1) is 18.8 Å². The molecule has 7 nitrogen and oxygen atoms in total. The highest BCUT2D eigenvalue weighted by Gasteiger charge is 2.27. The number of likely N-dealkylation sites (N-methyl/N-ethyl adjacent to an activating group) is 1. The van der Waals surface area contributed by atoms with Gasteiger partial charge in [-0.25, -0.2) is 8.42 Å². The van der Waals surface area contributed by atoms with Crippen LogP contribution >= 0.6 is 0 Å². The van der Waals surface area contributed by atoms with E-state index in [0.29, 0.717) is 13.1 Å². The number of hydrogen-bond acceptors (Lipinski definition) is 6. The molecule has 0 aromatic heterocycles. The molecule has 1 aliphatic heterocycles. The topological polar surface area (TPSA) is 84.0 Å². The normalized spacial score (nSPS) is 18.6. The average Bonchev–Trinajstić information content (AvgIpc) is 2.37. The molecule has 0 aliphatic carbocycles. The highest BCUT2D eigenvalue weighted by Crippen LogP contribution is 2.07. The van der Waals surface area contributed by atoms with Crippen LogP contribution in [0, 0.1) is 5.92 Å². The largest absolute Gasteiger partial charge is 0.469 e. The number of sulfone groups is 1. The number of rotatable bonds is 5. The van der Waals surface area contributed by atoms with Crippen molar-refractivity contribution in [2.24, 2.45) is 5.92 Å². The maximum Gasteiger partial charge on any atom is 0.309 e. The monoisotopic (exact) mass is 306 g/mol. The van der Waals surface area contributed by atoms with Crippen LogP contribution in [0.1, 0.15) is 6.92 Å². The van der Waals surface area contributed by atoms with Gasteiger partial charge in [0.25, 0.3) is 0 Å². The van der Waals surface area contributed by atoms with Crippen LogP contribution in [0.4, 0.5) is 0 Å². The molecule has 0 spiro atoms. The van der Waals surface area contributed by atoms with Crippen molar-refractivity contribution in [1.82, 2.24) is 9.80 Å². The Balaban J connectivity index is 2.53. The SMILES string of the molecule is COC(=O)C(C)CS(=O)(=O)CC(=O)N1CCN(C)CC1. The van der Waals surface area contributed by atoms with Crippen LogP contribution < -0.4 is 0 Å². The van der Waals surface area contributed by atoms with E-state index >= 15 is 0 Å². The van der Waals surface area contributed by atoms with Crippen molar-refractivity contribution in [2.75, 3.05) is 51.8 Å². The summed E-state index contributed by atoms with van der Waals surface area (Å²) in [4.78, 5) is 26.8. The first-order valence-electron chi connectivity index (χ1n) is 6.49. The number of esters is 1. The molecule has 116 valence electrons. The minimum atomic E-state index is -3.60. The molecule has 1 amide bonds. The highest BCUT2D eigenvalue weighted by molar-refractivity contribution is 7.92. The molecule has 1 rings (SSSR count). The van der Waals surface area contributed by atoms with Crippen molar-refractivity contribution >= 4 is 21.7 Å². The zero-order chi connectivity index (χ0) is 15.3. The van der Waals surface area contributed by atoms with E-state index in [1.54, 1.807) is 4.90 Å². The molecule has 1 aliphatic rings. The lowest BCUT2D eigenvalue weighted by Crippen LogP contribution is -2.49. The second-order valence-electron chi connectivity index (χ2n) is 5.16. The molecule has 0 N–H and O–H groups in total. The fraction of sp³-hybridized carbons (Fsp3) is 0.833. The van der Waals surface area contributed by atoms with Gasteiger partial charge in [-0.2, -0.15) is 0 Å². The van der Waals surface area contributed by atoms with Gasteiger partial charge >= 0.3 is 5.97 Å². The van der Waals surface area contributed by atoms with Crippen molar-refractivity contribution in [3.63, 3.8) is 0 Å². The zero-order valence-electron chi connectivity index (χ0n) is 12.2. The van der Waals surface area contributed by atoms with Crippen LogP contribution in [0.3, 0.4) is 0 Å². The molecule has 1 atom stereocenters. The predicted molar refractivity (Wildman–Crippen MR) is 73.9 cm³/mol. The molecule has 8 heteroatoms. The summed E-state index contributed by atoms with van der Waals surface area (Å²) < 4.78 is 28.3. The zero-order valence-corrected chi connectivity index (χ0v) is 13.0. The lowest BCUT2D eigenvalue weighted by Gasteiger charge is -2.32. The summed E-state index contributed by atoms with van der Waals surface area (Å²) in [6, 6.07) is 0. The fourth-order valence-corrected chi connectivity index (χ4v) is 3.62. The van der Waals surface area contributed by atoms with Crippen LogP contribution in [0.5, 0.6) is 0 Å². The molecule has 0 aromatic rings. The number of piperazine rings is 1. The van der Waals surface area contributed by atoms with Crippen LogP contribution in [0.15, 0.2) is 0 Å². The van der Waals surface area contributed by atoms with Crippen molar-refractivity contribution < 1.29 is 22.7 Å². The maximum atomic E-state index is 12.0. The molecule has 0 aromatic carbocycles. The molecular weight excluding hydrogens is 284 g/mol. The first kappa shape index (κ1) is 16.9. The summed E-state index contributed by atoms with van der Waals surface area (Å²) in [6.07, 6.45) is 0. The lowest BCUT2D eigenvalue weighted by molar-refractivity contribution is -0.144. The summed E-state index contributed by atoms with van der Waals surface area (Å²) >= 11 is 0. The molecule has 20 heavy (non-hydrogen) atoms. The Labute approximate surface area is 119 Å². The average molecular weight is 306 g/mol. The number of methoxy groups -OCH3 is 1. The van der Waals surface area contributed by atoms with E-state index in [9.17, 15) is 18.0 Å². The quantitative estimate of drug-likeness (QED) is 0.605. The third-order valence-corrected chi connectivity index (χ3v) is 5.00. The van der Waals surface area contributed by atoms with Gasteiger partial charge in [-0.3, -0.25) is 9.59 Å². The molecule has 1 fully saturated rings. The van der Waals surface area contributed by atoms with Crippen LogP contribution in [0.25, 0.3) is 0 Å². The number of carbonyl (C=O) groups is 2. The Bertz CT molecular complexity index is 454. The van der Waals surface area contributed by atoms with Gasteiger partial charge in [0, 0.05) is 26.2 Å². The molecule has 0 radical (unpaired) electrons. The number of amides is 1. The van der Waals surface area contributed by atoms with E-state index in [2.05, 4.69) is 9.64 Å². The summed E-state index contributed by atoms with van der Waals surface area (Å²) in [5, 5.41) is 0. The number of nitrogens with zero attached hydrogens (tertiary/aromatic N) is 2. The molecule has 1 saturated heterocycles. The van der Waals surface area contributed by atoms with Gasteiger partial charge < -0.3 is 14.5 Å². The first-order valence-corrected chi connectivity index (χ1v) is 8.32. The van der Waals surface area contributed by atoms with E-state index in [1.165, 1.54) is 14.0 Å². The van der Waals surface area contributed by atoms with Gasteiger partial charge in [-0.1, -0.05) is 6.92 Å². The van der Waals surface area contributed by atoms with Crippen LogP contribution in [0.2, 0.25) is 0 Å². The molecule has 0 saturated carbocycles. The van der Waals surface area contributed by atoms with Gasteiger partial charge in [0.15, 0.2) is 9.84 Å². The fourth-order valence-electron chi connectivity index (χ4n) is 2.04. The summed E-state index contributed by atoms with van der Waals surface area (Å²) in [6.45, 7) is 4.03. The number of carbonyl (C=O) groups excluding carboxylic acids is 2. The van der Waals surface area contributed by atoms with Crippen molar-refractivity contribution in [3.05, 3.63) is 0 Å². The van der Waals surface area contributed by atoms with Gasteiger partial charge in [-0.05, 0) is 7.05 Å². The molecule has 1 heterocycles. The molecular formula is C12H22N2O5S. The maximum absolute atomic E-state index is 12.0. The molecule has 1 unspecified atom stereocenters. The number of ether oxygens (including phenoxy) is 1. The summed E-state index contributed by atoms with van der Waals surface area (Å²) in [7, 11) is -0.440. The van der Waals surface area contributed by atoms with Crippen LogP contribution in [-0.2, 0) is 24.2 Å². The van der Waals surface area contributed by atoms with Gasteiger partial charge in [0.1, 0.15) is 5.75 Å². The van der Waals surface area contributed by atoms with E-state index in [-0.39, 0.29) is 5.75 Å². The smallest absolute Gasteiger partial charge is 0.309 e. The Morgan fingerprint density at radius 2 is 1.75 bits per heavy atom. The third-order valence-electron chi connectivity index (χ3n) is 3.31. The Hall–Kier alpha value is -1.15. The lowest BCUT2D eigenvalue weighted by atomic mass is 10.2.